The Bertz CT molecular complexity index is 506. The lowest BCUT2D eigenvalue weighted by atomic mass is 10.3. The van der Waals surface area contributed by atoms with Crippen LogP contribution < -0.4 is 11.1 Å². The maximum absolute atomic E-state index is 5.78. The summed E-state index contributed by atoms with van der Waals surface area (Å²) < 4.78 is 1.76. The summed E-state index contributed by atoms with van der Waals surface area (Å²) in [7, 11) is 1.88. The van der Waals surface area contributed by atoms with E-state index in [1.807, 2.05) is 19.3 Å². The molecule has 0 spiro atoms. The lowest BCUT2D eigenvalue weighted by Crippen LogP contribution is -2.33. The number of aliphatic imine (C=N–C) groups is 1. The summed E-state index contributed by atoms with van der Waals surface area (Å²) in [6.07, 6.45) is 2.86. The fraction of sp³-hybridized carbons (Fsp3) is 0.333. The monoisotopic (exact) mass is 391 g/mol. The minimum absolute atomic E-state index is 0. The molecule has 2 aromatic rings. The molecule has 19 heavy (non-hydrogen) atoms. The molecular formula is C12H18IN5S. The summed E-state index contributed by atoms with van der Waals surface area (Å²) in [6.45, 7) is 1.32. The van der Waals surface area contributed by atoms with Gasteiger partial charge in [-0.1, -0.05) is 6.07 Å². The fourth-order valence-corrected chi connectivity index (χ4v) is 2.25. The Balaban J connectivity index is 0.00000180. The van der Waals surface area contributed by atoms with Gasteiger partial charge in [0.2, 0.25) is 0 Å². The van der Waals surface area contributed by atoms with Gasteiger partial charge >= 0.3 is 0 Å². The Morgan fingerprint density at radius 3 is 3.00 bits per heavy atom. The number of guanidine groups is 1. The molecule has 7 heteroatoms. The van der Waals surface area contributed by atoms with E-state index in [0.29, 0.717) is 12.5 Å². The first-order chi connectivity index (χ1) is 8.74. The summed E-state index contributed by atoms with van der Waals surface area (Å²) in [4.78, 5) is 5.58. The average molecular weight is 391 g/mol. The highest BCUT2D eigenvalue weighted by Crippen LogP contribution is 2.07. The minimum Gasteiger partial charge on any atom is -0.370 e. The second-order valence-electron chi connectivity index (χ2n) is 3.94. The molecule has 0 amide bonds. The van der Waals surface area contributed by atoms with Crippen LogP contribution in [0, 0.1) is 0 Å². The van der Waals surface area contributed by atoms with E-state index >= 15 is 0 Å². The first-order valence-electron chi connectivity index (χ1n) is 5.79. The molecule has 0 aromatic carbocycles. The lowest BCUT2D eigenvalue weighted by molar-refractivity contribution is 0.741. The minimum atomic E-state index is 0. The summed E-state index contributed by atoms with van der Waals surface area (Å²) in [5, 5.41) is 9.41. The van der Waals surface area contributed by atoms with Crippen molar-refractivity contribution in [2.45, 2.75) is 13.0 Å². The molecule has 0 aliphatic heterocycles. The van der Waals surface area contributed by atoms with Crippen LogP contribution in [-0.2, 0) is 20.0 Å². The van der Waals surface area contributed by atoms with Gasteiger partial charge in [0.25, 0.3) is 0 Å². The van der Waals surface area contributed by atoms with Crippen molar-refractivity contribution in [2.24, 2.45) is 17.8 Å². The zero-order valence-electron chi connectivity index (χ0n) is 10.7. The van der Waals surface area contributed by atoms with Gasteiger partial charge in [0.05, 0.1) is 12.2 Å². The van der Waals surface area contributed by atoms with Crippen molar-refractivity contribution in [3.8, 4) is 0 Å². The Labute approximate surface area is 133 Å². The van der Waals surface area contributed by atoms with Crippen molar-refractivity contribution in [1.29, 1.82) is 0 Å². The van der Waals surface area contributed by atoms with E-state index in [1.54, 1.807) is 16.0 Å². The van der Waals surface area contributed by atoms with Crippen molar-refractivity contribution in [1.82, 2.24) is 15.1 Å². The Morgan fingerprint density at radius 2 is 2.37 bits per heavy atom. The zero-order chi connectivity index (χ0) is 12.8. The Hall–Kier alpha value is -1.09. The standard InChI is InChI=1S/C12H17N5S.HI/c1-17-7-5-10(16-17)9-15-12(13)14-6-4-11-3-2-8-18-11;/h2-3,5,7-8H,4,6,9H2,1H3,(H3,13,14,15);1H. The molecule has 0 aliphatic rings. The molecule has 2 aromatic heterocycles. The van der Waals surface area contributed by atoms with Crippen LogP contribution in [0.1, 0.15) is 10.6 Å². The molecule has 2 rings (SSSR count). The summed E-state index contributed by atoms with van der Waals surface area (Å²) in [5.41, 5.74) is 6.69. The maximum atomic E-state index is 5.78. The number of rotatable bonds is 5. The Kier molecular flexibility index (Phi) is 6.85. The van der Waals surface area contributed by atoms with Gasteiger partial charge in [0.1, 0.15) is 0 Å². The number of halogens is 1. The van der Waals surface area contributed by atoms with Crippen LogP contribution in [0.5, 0.6) is 0 Å². The number of hydrogen-bond acceptors (Lipinski definition) is 3. The highest BCUT2D eigenvalue weighted by atomic mass is 127. The van der Waals surface area contributed by atoms with Gasteiger partial charge in [0, 0.05) is 24.7 Å². The topological polar surface area (TPSA) is 68.2 Å². The molecular weight excluding hydrogens is 373 g/mol. The average Bonchev–Trinajstić information content (AvgIpc) is 2.98. The molecule has 2 heterocycles. The molecule has 0 atom stereocenters. The van der Waals surface area contributed by atoms with Gasteiger partial charge in [-0.3, -0.25) is 4.68 Å². The first-order valence-corrected chi connectivity index (χ1v) is 6.67. The van der Waals surface area contributed by atoms with E-state index in [-0.39, 0.29) is 24.0 Å². The largest absolute Gasteiger partial charge is 0.370 e. The summed E-state index contributed by atoms with van der Waals surface area (Å²) in [6, 6.07) is 6.11. The number of aryl methyl sites for hydroxylation is 1. The number of nitrogens with one attached hydrogen (secondary N) is 1. The SMILES string of the molecule is Cn1ccc(CN=C(N)NCCc2cccs2)n1.I. The first kappa shape index (κ1) is 16.0. The van der Waals surface area contributed by atoms with Crippen molar-refractivity contribution >= 4 is 41.3 Å². The molecule has 5 nitrogen and oxygen atoms in total. The van der Waals surface area contributed by atoms with Crippen LogP contribution in [0.3, 0.4) is 0 Å². The van der Waals surface area contributed by atoms with Crippen LogP contribution in [0.4, 0.5) is 0 Å². The number of thiophene rings is 1. The van der Waals surface area contributed by atoms with Crippen molar-refractivity contribution < 1.29 is 0 Å². The van der Waals surface area contributed by atoms with E-state index in [4.69, 9.17) is 5.73 Å². The van der Waals surface area contributed by atoms with Crippen molar-refractivity contribution in [3.05, 3.63) is 40.3 Å². The predicted molar refractivity (Wildman–Crippen MR) is 90.0 cm³/mol. The third kappa shape index (κ3) is 5.60. The smallest absolute Gasteiger partial charge is 0.188 e. The van der Waals surface area contributed by atoms with Crippen LogP contribution in [-0.4, -0.2) is 22.3 Å². The van der Waals surface area contributed by atoms with Gasteiger partial charge in [-0.25, -0.2) is 4.99 Å². The molecule has 0 saturated heterocycles. The summed E-state index contributed by atoms with van der Waals surface area (Å²) in [5.74, 6) is 0.470. The second-order valence-corrected chi connectivity index (χ2v) is 4.97. The van der Waals surface area contributed by atoms with E-state index < -0.39 is 0 Å². The number of aromatic nitrogens is 2. The van der Waals surface area contributed by atoms with Gasteiger partial charge in [0.15, 0.2) is 5.96 Å². The number of nitrogens with two attached hydrogens (primary N) is 1. The molecule has 0 radical (unpaired) electrons. The van der Waals surface area contributed by atoms with Gasteiger partial charge < -0.3 is 11.1 Å². The maximum Gasteiger partial charge on any atom is 0.188 e. The Morgan fingerprint density at radius 1 is 1.53 bits per heavy atom. The normalized spacial score (nSPS) is 11.1. The molecule has 0 unspecified atom stereocenters. The quantitative estimate of drug-likeness (QED) is 0.464. The molecule has 0 bridgehead atoms. The van der Waals surface area contributed by atoms with E-state index in [0.717, 1.165) is 18.7 Å². The molecule has 0 saturated carbocycles. The summed E-state index contributed by atoms with van der Waals surface area (Å²) >= 11 is 1.75. The van der Waals surface area contributed by atoms with Crippen molar-refractivity contribution in [3.63, 3.8) is 0 Å². The zero-order valence-corrected chi connectivity index (χ0v) is 13.9. The predicted octanol–water partition coefficient (Wildman–Crippen LogP) is 1.75. The number of nitrogens with zero attached hydrogens (tertiary/aromatic N) is 3. The van der Waals surface area contributed by atoms with E-state index in [2.05, 4.69) is 32.9 Å². The third-order valence-electron chi connectivity index (χ3n) is 2.44. The van der Waals surface area contributed by atoms with Gasteiger partial charge in [-0.2, -0.15) is 5.10 Å². The number of hydrogen-bond donors (Lipinski definition) is 2. The molecule has 0 fully saturated rings. The third-order valence-corrected chi connectivity index (χ3v) is 3.37. The fourth-order valence-electron chi connectivity index (χ4n) is 1.54. The van der Waals surface area contributed by atoms with Gasteiger partial charge in [-0.15, -0.1) is 35.3 Å². The molecule has 104 valence electrons. The highest BCUT2D eigenvalue weighted by Gasteiger charge is 1.97. The molecule has 0 aliphatic carbocycles. The van der Waals surface area contributed by atoms with E-state index in [9.17, 15) is 0 Å². The van der Waals surface area contributed by atoms with Gasteiger partial charge in [-0.05, 0) is 23.9 Å². The van der Waals surface area contributed by atoms with E-state index in [1.165, 1.54) is 4.88 Å². The van der Waals surface area contributed by atoms with Crippen molar-refractivity contribution in [2.75, 3.05) is 6.54 Å². The van der Waals surface area contributed by atoms with Crippen LogP contribution in [0.2, 0.25) is 0 Å². The van der Waals surface area contributed by atoms with Crippen LogP contribution in [0.15, 0.2) is 34.8 Å². The molecule has 3 N–H and O–H groups in total. The lowest BCUT2D eigenvalue weighted by Gasteiger charge is -2.03. The second kappa shape index (κ2) is 8.16. The van der Waals surface area contributed by atoms with Crippen LogP contribution in [0.25, 0.3) is 0 Å². The van der Waals surface area contributed by atoms with Crippen LogP contribution >= 0.6 is 35.3 Å². The highest BCUT2D eigenvalue weighted by molar-refractivity contribution is 14.0.